The molecule has 4 rings (SSSR count). The zero-order chi connectivity index (χ0) is 25.0. The number of furan rings is 2. The molecule has 0 atom stereocenters. The molecule has 0 aromatic carbocycles. The van der Waals surface area contributed by atoms with Crippen molar-refractivity contribution in [3.63, 3.8) is 0 Å². The number of aromatic nitrogens is 4. The van der Waals surface area contributed by atoms with Gasteiger partial charge in [-0.1, -0.05) is 11.6 Å². The van der Waals surface area contributed by atoms with E-state index in [2.05, 4.69) is 26.2 Å². The second kappa shape index (κ2) is 18.9. The standard InChI is InChI=1S/C9H6N2O2.C9H13O3.C4H3ClN2.ClH.Zn/c12-6-7-1-2-9(13-7)8-5-10-3-4-11-8;1-3-10-9(11-4-2)8-6-5-7-12-8;5-4-3-6-1-2-7-4;;/h1-6H;5-6,9H,3-4H2,1-2H3;1-3H;1H;/q;-1;;;+2/p-1. The molecule has 12 heteroatoms. The van der Waals surface area contributed by atoms with Gasteiger partial charge in [-0.15, -0.1) is 6.07 Å². The van der Waals surface area contributed by atoms with Crippen molar-refractivity contribution in [2.24, 2.45) is 0 Å². The van der Waals surface area contributed by atoms with E-state index in [9.17, 15) is 4.79 Å². The van der Waals surface area contributed by atoms with E-state index >= 15 is 0 Å². The molecular formula is C22H22Cl2N4O5Zn. The number of rotatable bonds is 7. The molecule has 0 saturated heterocycles. The van der Waals surface area contributed by atoms with Gasteiger partial charge in [0.15, 0.2) is 24.1 Å². The molecule has 34 heavy (non-hydrogen) atoms. The number of aldehydes is 1. The van der Waals surface area contributed by atoms with Crippen molar-refractivity contribution >= 4 is 27.6 Å². The molecule has 0 aliphatic rings. The molecule has 9 nitrogen and oxygen atoms in total. The van der Waals surface area contributed by atoms with E-state index in [4.69, 9.17) is 39.6 Å². The van der Waals surface area contributed by atoms with Crippen LogP contribution in [0.1, 0.15) is 36.5 Å². The number of hydrogen-bond acceptors (Lipinski definition) is 9. The van der Waals surface area contributed by atoms with Gasteiger partial charge in [-0.25, -0.2) is 9.97 Å². The first kappa shape index (κ1) is 29.5. The third-order valence-corrected chi connectivity index (χ3v) is 3.65. The summed E-state index contributed by atoms with van der Waals surface area (Å²) in [5, 5.41) is 0.433. The normalized spacial score (nSPS) is 9.62. The van der Waals surface area contributed by atoms with Crippen LogP contribution in [0.4, 0.5) is 0 Å². The van der Waals surface area contributed by atoms with Crippen LogP contribution in [0.3, 0.4) is 0 Å². The second-order valence-corrected chi connectivity index (χ2v) is 6.02. The van der Waals surface area contributed by atoms with Gasteiger partial charge >= 0.3 is 27.0 Å². The average molecular weight is 559 g/mol. The SMILES string of the molecule is CCOC(OCC)c1cc[c-]o1.Clc1cnccn1.O=Cc1ccc(-c2cnccn2)o1.[Cl][Zn+]. The molecule has 4 aromatic rings. The zero-order valence-electron chi connectivity index (χ0n) is 18.6. The van der Waals surface area contributed by atoms with Crippen LogP contribution in [-0.4, -0.2) is 39.4 Å². The fraction of sp³-hybridized carbons (Fsp3) is 0.227. The van der Waals surface area contributed by atoms with Crippen LogP contribution in [0.25, 0.3) is 11.5 Å². The Morgan fingerprint density at radius 2 is 1.71 bits per heavy atom. The maximum atomic E-state index is 10.3. The van der Waals surface area contributed by atoms with Crippen LogP contribution in [0.2, 0.25) is 5.15 Å². The van der Waals surface area contributed by atoms with Crippen LogP contribution in [0.5, 0.6) is 0 Å². The summed E-state index contributed by atoms with van der Waals surface area (Å²) in [6, 6.07) is 6.76. The first-order valence-electron chi connectivity index (χ1n) is 9.86. The van der Waals surface area contributed by atoms with Gasteiger partial charge in [0.25, 0.3) is 0 Å². The van der Waals surface area contributed by atoms with E-state index in [0.717, 1.165) is 17.3 Å². The Kier molecular flexibility index (Phi) is 16.4. The molecule has 0 radical (unpaired) electrons. The molecule has 0 amide bonds. The zero-order valence-corrected chi connectivity index (χ0v) is 23.1. The Hall–Kier alpha value is -2.49. The Morgan fingerprint density at radius 1 is 1.03 bits per heavy atom. The Bertz CT molecular complexity index is 1000. The summed E-state index contributed by atoms with van der Waals surface area (Å²) in [5.41, 5.74) is 0.621. The van der Waals surface area contributed by atoms with Crippen molar-refractivity contribution < 1.29 is 40.4 Å². The molecule has 0 aliphatic heterocycles. The number of nitrogens with zero attached hydrogens (tertiary/aromatic N) is 4. The average Bonchev–Trinajstić information content (AvgIpc) is 3.60. The number of carbonyl (C=O) groups is 1. The van der Waals surface area contributed by atoms with Gasteiger partial charge < -0.3 is 18.3 Å². The summed E-state index contributed by atoms with van der Waals surface area (Å²) in [6.07, 6.45) is 12.2. The Labute approximate surface area is 216 Å². The number of halogens is 2. The van der Waals surface area contributed by atoms with Crippen LogP contribution < -0.4 is 0 Å². The van der Waals surface area contributed by atoms with Gasteiger partial charge in [0.05, 0.1) is 12.4 Å². The van der Waals surface area contributed by atoms with E-state index in [1.54, 1.807) is 55.2 Å². The summed E-state index contributed by atoms with van der Waals surface area (Å²) in [5.74, 6) is 1.51. The van der Waals surface area contributed by atoms with E-state index in [1.807, 2.05) is 13.8 Å². The third-order valence-electron chi connectivity index (χ3n) is 3.45. The van der Waals surface area contributed by atoms with Crippen molar-refractivity contribution in [2.75, 3.05) is 13.2 Å². The van der Waals surface area contributed by atoms with Crippen molar-refractivity contribution in [3.05, 3.63) is 84.4 Å². The van der Waals surface area contributed by atoms with E-state index < -0.39 is 0 Å². The second-order valence-electron chi connectivity index (χ2n) is 5.64. The molecule has 176 valence electrons. The van der Waals surface area contributed by atoms with Gasteiger partial charge in [-0.05, 0) is 38.0 Å². The first-order chi connectivity index (χ1) is 16.7. The summed E-state index contributed by atoms with van der Waals surface area (Å²) >= 11 is 6.21. The topological polar surface area (TPSA) is 113 Å². The van der Waals surface area contributed by atoms with Crippen LogP contribution in [-0.2, 0) is 26.8 Å². The fourth-order valence-electron chi connectivity index (χ4n) is 2.16. The fourth-order valence-corrected chi connectivity index (χ4v) is 2.27. The number of hydrogen-bond donors (Lipinski definition) is 0. The van der Waals surface area contributed by atoms with E-state index in [-0.39, 0.29) is 6.29 Å². The molecule has 4 heterocycles. The minimum absolute atomic E-state index is 0.292. The first-order valence-corrected chi connectivity index (χ1v) is 14.1. The van der Waals surface area contributed by atoms with Gasteiger partial charge in [0.1, 0.15) is 10.8 Å². The minimum atomic E-state index is -0.383. The van der Waals surface area contributed by atoms with Crippen LogP contribution in [0.15, 0.2) is 70.3 Å². The summed E-state index contributed by atoms with van der Waals surface area (Å²) in [6.45, 7) is 5.04. The monoisotopic (exact) mass is 556 g/mol. The molecule has 0 bridgehead atoms. The molecule has 0 unspecified atom stereocenters. The summed E-state index contributed by atoms with van der Waals surface area (Å²) in [4.78, 5) is 25.6. The predicted molar refractivity (Wildman–Crippen MR) is 122 cm³/mol. The predicted octanol–water partition coefficient (Wildman–Crippen LogP) is 5.52. The number of ether oxygens (including phenoxy) is 2. The molecule has 0 fully saturated rings. The molecule has 0 aliphatic carbocycles. The van der Waals surface area contributed by atoms with Gasteiger partial charge in [-0.2, -0.15) is 6.07 Å². The van der Waals surface area contributed by atoms with E-state index in [0.29, 0.717) is 47.6 Å². The summed E-state index contributed by atoms with van der Waals surface area (Å²) < 4.78 is 20.8. The van der Waals surface area contributed by atoms with Gasteiger partial charge in [0, 0.05) is 38.0 Å². The molecule has 4 aromatic heterocycles. The van der Waals surface area contributed by atoms with E-state index in [1.165, 1.54) is 6.20 Å². The summed E-state index contributed by atoms with van der Waals surface area (Å²) in [7, 11) is 4.76. The van der Waals surface area contributed by atoms with Crippen molar-refractivity contribution in [1.82, 2.24) is 19.9 Å². The molecule has 0 saturated carbocycles. The van der Waals surface area contributed by atoms with Crippen molar-refractivity contribution in [2.45, 2.75) is 20.1 Å². The molecular weight excluding hydrogens is 537 g/mol. The Morgan fingerprint density at radius 3 is 2.12 bits per heavy atom. The van der Waals surface area contributed by atoms with Gasteiger partial charge in [0.2, 0.25) is 0 Å². The number of carbonyl (C=O) groups excluding carboxylic acids is 1. The molecule has 0 spiro atoms. The van der Waals surface area contributed by atoms with Crippen molar-refractivity contribution in [1.29, 1.82) is 0 Å². The quantitative estimate of drug-likeness (QED) is 0.125. The van der Waals surface area contributed by atoms with Crippen LogP contribution >= 0.6 is 21.3 Å². The van der Waals surface area contributed by atoms with Crippen molar-refractivity contribution in [3.8, 4) is 11.5 Å². The Balaban J connectivity index is 0.000000255. The van der Waals surface area contributed by atoms with Gasteiger partial charge in [-0.3, -0.25) is 14.8 Å². The van der Waals surface area contributed by atoms with Crippen LogP contribution in [0, 0.1) is 6.26 Å². The maximum absolute atomic E-state index is 10.3. The molecule has 0 N–H and O–H groups in total. The third kappa shape index (κ3) is 11.6.